The first-order valence-corrected chi connectivity index (χ1v) is 4.90. The second kappa shape index (κ2) is 4.93. The summed E-state index contributed by atoms with van der Waals surface area (Å²) in [6, 6.07) is 0. The third kappa shape index (κ3) is 2.48. The maximum absolute atomic E-state index is 11.3. The van der Waals surface area contributed by atoms with E-state index in [0.29, 0.717) is 0 Å². The van der Waals surface area contributed by atoms with Crippen molar-refractivity contribution in [2.45, 2.75) is 6.42 Å². The Morgan fingerprint density at radius 3 is 2.19 bits per heavy atom. The first kappa shape index (κ1) is 12.4. The molecule has 0 saturated carbocycles. The lowest BCUT2D eigenvalue weighted by Gasteiger charge is -2.34. The molecule has 1 aliphatic heterocycles. The van der Waals surface area contributed by atoms with E-state index in [9.17, 15) is 14.4 Å². The van der Waals surface area contributed by atoms with Crippen molar-refractivity contribution >= 4 is 17.8 Å². The van der Waals surface area contributed by atoms with Gasteiger partial charge in [-0.25, -0.2) is 0 Å². The Bertz CT molecular complexity index is 317. The van der Waals surface area contributed by atoms with Gasteiger partial charge in [-0.15, -0.1) is 0 Å². The second-order valence-electron chi connectivity index (χ2n) is 3.72. The third-order valence-corrected chi connectivity index (χ3v) is 2.77. The molecule has 1 fully saturated rings. The summed E-state index contributed by atoms with van der Waals surface area (Å²) in [6.07, 6.45) is 0.151. The normalized spacial score (nSPS) is 25.2. The number of likely N-dealkylation sites (tertiary alicyclic amines) is 1. The lowest BCUT2D eigenvalue weighted by molar-refractivity contribution is -0.158. The van der Waals surface area contributed by atoms with Crippen LogP contribution in [0.3, 0.4) is 0 Å². The Hall–Kier alpha value is -1.63. The number of carboxylic acids is 2. The van der Waals surface area contributed by atoms with Gasteiger partial charge in [0.15, 0.2) is 0 Å². The molecule has 1 amide bonds. The van der Waals surface area contributed by atoms with E-state index < -0.39 is 23.8 Å². The standard InChI is InChI=1S/C9H14N2O5/c10-3-7(12)11-2-1-5(8(13)14)6(4-11)9(15)16/h5-6H,1-4,10H2,(H,13,14)(H,15,16). The molecule has 0 aromatic heterocycles. The minimum atomic E-state index is -1.19. The highest BCUT2D eigenvalue weighted by Crippen LogP contribution is 2.24. The van der Waals surface area contributed by atoms with Gasteiger partial charge >= 0.3 is 11.9 Å². The van der Waals surface area contributed by atoms with E-state index in [1.165, 1.54) is 4.90 Å². The van der Waals surface area contributed by atoms with Crippen molar-refractivity contribution in [3.05, 3.63) is 0 Å². The Labute approximate surface area is 91.8 Å². The number of carboxylic acid groups (broad SMARTS) is 2. The number of amides is 1. The Morgan fingerprint density at radius 1 is 1.19 bits per heavy atom. The fraction of sp³-hybridized carbons (Fsp3) is 0.667. The SMILES string of the molecule is NCC(=O)N1CCC(C(=O)O)C(C(=O)O)C1. The zero-order valence-electron chi connectivity index (χ0n) is 8.63. The zero-order chi connectivity index (χ0) is 12.3. The molecular weight excluding hydrogens is 216 g/mol. The molecule has 0 radical (unpaired) electrons. The van der Waals surface area contributed by atoms with E-state index in [1.54, 1.807) is 0 Å². The monoisotopic (exact) mass is 230 g/mol. The van der Waals surface area contributed by atoms with Crippen LogP contribution in [0.15, 0.2) is 0 Å². The average Bonchev–Trinajstić information content (AvgIpc) is 2.26. The van der Waals surface area contributed by atoms with Crippen LogP contribution in [0, 0.1) is 11.8 Å². The van der Waals surface area contributed by atoms with Gasteiger partial charge in [-0.2, -0.15) is 0 Å². The quantitative estimate of drug-likeness (QED) is 0.547. The number of aliphatic carboxylic acids is 2. The molecule has 0 bridgehead atoms. The predicted molar refractivity (Wildman–Crippen MR) is 52.5 cm³/mol. The van der Waals surface area contributed by atoms with Gasteiger partial charge < -0.3 is 20.8 Å². The topological polar surface area (TPSA) is 121 Å². The fourth-order valence-corrected chi connectivity index (χ4v) is 1.85. The van der Waals surface area contributed by atoms with Crippen molar-refractivity contribution in [1.82, 2.24) is 4.90 Å². The number of hydrogen-bond acceptors (Lipinski definition) is 4. The molecule has 90 valence electrons. The van der Waals surface area contributed by atoms with E-state index in [0.717, 1.165) is 0 Å². The van der Waals surface area contributed by atoms with Crippen LogP contribution in [0.25, 0.3) is 0 Å². The average molecular weight is 230 g/mol. The van der Waals surface area contributed by atoms with Crippen molar-refractivity contribution < 1.29 is 24.6 Å². The molecule has 7 heteroatoms. The van der Waals surface area contributed by atoms with Crippen LogP contribution < -0.4 is 5.73 Å². The Kier molecular flexibility index (Phi) is 3.83. The van der Waals surface area contributed by atoms with Crippen molar-refractivity contribution in [3.63, 3.8) is 0 Å². The highest BCUT2D eigenvalue weighted by atomic mass is 16.4. The number of rotatable bonds is 3. The van der Waals surface area contributed by atoms with Crippen molar-refractivity contribution in [2.75, 3.05) is 19.6 Å². The van der Waals surface area contributed by atoms with Crippen molar-refractivity contribution in [3.8, 4) is 0 Å². The summed E-state index contributed by atoms with van der Waals surface area (Å²) in [5, 5.41) is 17.7. The summed E-state index contributed by atoms with van der Waals surface area (Å²) in [7, 11) is 0. The highest BCUT2D eigenvalue weighted by Gasteiger charge is 2.39. The van der Waals surface area contributed by atoms with E-state index >= 15 is 0 Å². The summed E-state index contributed by atoms with van der Waals surface area (Å²) >= 11 is 0. The number of nitrogens with zero attached hydrogens (tertiary/aromatic N) is 1. The summed E-state index contributed by atoms with van der Waals surface area (Å²) in [5.74, 6) is -4.66. The maximum Gasteiger partial charge on any atom is 0.309 e. The molecule has 0 aromatic carbocycles. The molecular formula is C9H14N2O5. The zero-order valence-corrected chi connectivity index (χ0v) is 8.63. The van der Waals surface area contributed by atoms with E-state index in [2.05, 4.69) is 0 Å². The van der Waals surface area contributed by atoms with E-state index in [-0.39, 0.29) is 32.0 Å². The molecule has 0 spiro atoms. The van der Waals surface area contributed by atoms with Crippen LogP contribution in [0.5, 0.6) is 0 Å². The van der Waals surface area contributed by atoms with Crippen LogP contribution in [0.2, 0.25) is 0 Å². The highest BCUT2D eigenvalue weighted by molar-refractivity contribution is 5.83. The van der Waals surface area contributed by atoms with Crippen LogP contribution in [-0.4, -0.2) is 52.6 Å². The van der Waals surface area contributed by atoms with Crippen molar-refractivity contribution in [1.29, 1.82) is 0 Å². The molecule has 0 aromatic rings. The van der Waals surface area contributed by atoms with Gasteiger partial charge in [-0.05, 0) is 6.42 Å². The van der Waals surface area contributed by atoms with Crippen LogP contribution in [0.4, 0.5) is 0 Å². The number of hydrogen-bond donors (Lipinski definition) is 3. The first-order valence-electron chi connectivity index (χ1n) is 4.90. The van der Waals surface area contributed by atoms with Crippen LogP contribution in [-0.2, 0) is 14.4 Å². The number of carbonyl (C=O) groups is 3. The summed E-state index contributed by atoms with van der Waals surface area (Å²) in [4.78, 5) is 34.3. The fourth-order valence-electron chi connectivity index (χ4n) is 1.85. The molecule has 1 saturated heterocycles. The molecule has 7 nitrogen and oxygen atoms in total. The molecule has 16 heavy (non-hydrogen) atoms. The number of carbonyl (C=O) groups excluding carboxylic acids is 1. The minimum Gasteiger partial charge on any atom is -0.481 e. The van der Waals surface area contributed by atoms with Gasteiger partial charge in [0.25, 0.3) is 0 Å². The summed E-state index contributed by atoms with van der Waals surface area (Å²) in [6.45, 7) is -0.0246. The minimum absolute atomic E-state index is 0.0810. The lowest BCUT2D eigenvalue weighted by atomic mass is 9.85. The first-order chi connectivity index (χ1) is 7.47. The molecule has 4 N–H and O–H groups in total. The van der Waals surface area contributed by atoms with Gasteiger partial charge in [0.2, 0.25) is 5.91 Å². The molecule has 1 heterocycles. The predicted octanol–water partition coefficient (Wildman–Crippen LogP) is -1.42. The van der Waals surface area contributed by atoms with Gasteiger partial charge in [0.05, 0.1) is 18.4 Å². The second-order valence-corrected chi connectivity index (χ2v) is 3.72. The van der Waals surface area contributed by atoms with Gasteiger partial charge in [-0.3, -0.25) is 14.4 Å². The third-order valence-electron chi connectivity index (χ3n) is 2.77. The van der Waals surface area contributed by atoms with Gasteiger partial charge in [0, 0.05) is 13.1 Å². The maximum atomic E-state index is 11.3. The smallest absolute Gasteiger partial charge is 0.309 e. The Balaban J connectivity index is 2.76. The summed E-state index contributed by atoms with van der Waals surface area (Å²) < 4.78 is 0. The molecule has 2 atom stereocenters. The van der Waals surface area contributed by atoms with E-state index in [4.69, 9.17) is 15.9 Å². The van der Waals surface area contributed by atoms with Gasteiger partial charge in [-0.1, -0.05) is 0 Å². The van der Waals surface area contributed by atoms with Crippen LogP contribution in [0.1, 0.15) is 6.42 Å². The molecule has 1 rings (SSSR count). The number of nitrogens with two attached hydrogens (primary N) is 1. The number of piperidine rings is 1. The van der Waals surface area contributed by atoms with Crippen LogP contribution >= 0.6 is 0 Å². The Morgan fingerprint density at radius 2 is 1.75 bits per heavy atom. The lowest BCUT2D eigenvalue weighted by Crippen LogP contribution is -2.50. The van der Waals surface area contributed by atoms with Crippen molar-refractivity contribution in [2.24, 2.45) is 17.6 Å². The van der Waals surface area contributed by atoms with E-state index in [1.807, 2.05) is 0 Å². The molecule has 0 aliphatic carbocycles. The molecule has 2 unspecified atom stereocenters. The molecule has 1 aliphatic rings. The van der Waals surface area contributed by atoms with Gasteiger partial charge in [0.1, 0.15) is 0 Å². The summed E-state index contributed by atoms with van der Waals surface area (Å²) in [5.41, 5.74) is 5.16. The largest absolute Gasteiger partial charge is 0.481 e.